The molecule has 12 aromatic carbocycles. The molecule has 398 valence electrons. The van der Waals surface area contributed by atoms with Gasteiger partial charge in [-0.1, -0.05) is 200 Å². The number of para-hydroxylation sites is 3. The minimum Gasteiger partial charge on any atom is -0.308 e. The van der Waals surface area contributed by atoms with Crippen molar-refractivity contribution in [3.63, 3.8) is 0 Å². The van der Waals surface area contributed by atoms with E-state index in [0.29, 0.717) is 34.3 Å². The van der Waals surface area contributed by atoms with Gasteiger partial charge in [-0.2, -0.15) is 10.5 Å². The molecule has 0 N–H and O–H groups in total. The van der Waals surface area contributed by atoms with E-state index in [4.69, 9.17) is 21.5 Å². The molecule has 0 bridgehead atoms. The predicted molar refractivity (Wildman–Crippen MR) is 348 cm³/mol. The van der Waals surface area contributed by atoms with Crippen molar-refractivity contribution in [3.8, 4) is 113 Å². The number of hydrogen-bond donors (Lipinski definition) is 0. The molecule has 0 radical (unpaired) electrons. The van der Waals surface area contributed by atoms with Crippen molar-refractivity contribution in [2.75, 3.05) is 0 Å². The molecule has 0 aliphatic heterocycles. The third-order valence-corrected chi connectivity index (χ3v) is 16.3. The van der Waals surface area contributed by atoms with E-state index in [-0.39, 0.29) is 0 Å². The topological polar surface area (TPSA) is 100 Å². The van der Waals surface area contributed by atoms with Gasteiger partial charge in [0.05, 0.1) is 63.3 Å². The maximum Gasteiger partial charge on any atom is 0.194 e. The van der Waals surface area contributed by atoms with E-state index in [0.717, 1.165) is 127 Å². The van der Waals surface area contributed by atoms with Crippen LogP contribution in [0.4, 0.5) is 5.69 Å². The molecule has 15 aromatic rings. The summed E-state index contributed by atoms with van der Waals surface area (Å²) in [6.07, 6.45) is 0. The Morgan fingerprint density at radius 2 is 0.686 bits per heavy atom. The zero-order chi connectivity index (χ0) is 57.7. The van der Waals surface area contributed by atoms with Gasteiger partial charge < -0.3 is 9.13 Å². The first-order valence-electron chi connectivity index (χ1n) is 28.3. The molecule has 15 rings (SSSR count). The van der Waals surface area contributed by atoms with Crippen molar-refractivity contribution < 1.29 is 0 Å². The van der Waals surface area contributed by atoms with Gasteiger partial charge in [0, 0.05) is 38.2 Å². The third-order valence-electron chi connectivity index (χ3n) is 16.3. The van der Waals surface area contributed by atoms with Crippen molar-refractivity contribution in [1.29, 1.82) is 10.5 Å². The first-order chi connectivity index (χ1) is 42.5. The Balaban J connectivity index is 1.03. The van der Waals surface area contributed by atoms with Gasteiger partial charge in [0.15, 0.2) is 23.2 Å². The lowest BCUT2D eigenvalue weighted by molar-refractivity contribution is 1.06. The Kier molecular flexibility index (Phi) is 12.5. The molecule has 8 heteroatoms. The molecule has 0 unspecified atom stereocenters. The summed E-state index contributed by atoms with van der Waals surface area (Å²) in [5, 5.41) is 25.2. The first-order valence-corrected chi connectivity index (χ1v) is 28.3. The van der Waals surface area contributed by atoms with Crippen LogP contribution in [0, 0.1) is 29.2 Å². The zero-order valence-electron chi connectivity index (χ0n) is 46.1. The summed E-state index contributed by atoms with van der Waals surface area (Å²) in [5.41, 5.74) is 18.8. The molecule has 0 atom stereocenters. The Hall–Kier alpha value is -12.3. The van der Waals surface area contributed by atoms with Gasteiger partial charge >= 0.3 is 0 Å². The average molecular weight is 1100 g/mol. The summed E-state index contributed by atoms with van der Waals surface area (Å²) < 4.78 is 4.60. The van der Waals surface area contributed by atoms with Crippen LogP contribution in [0.15, 0.2) is 279 Å². The minimum atomic E-state index is 0.415. The predicted octanol–water partition coefficient (Wildman–Crippen LogP) is 19.7. The number of rotatable bonds is 10. The van der Waals surface area contributed by atoms with Crippen LogP contribution in [0.25, 0.3) is 150 Å². The standard InChI is InChI=1S/C78H46N8/c1-81-69-32-15-12-29-62(69)56-36-40-66(75(47-56)86-71-34-17-14-31-64(71)68-45-53(38-42-73(68)86)51-21-6-3-7-22-51)78-83-76(57-26-18-25-54(43-57)60-27-10-8-23-58(60)48-79)82-77(84-78)65-39-35-55(61-28-11-9-24-59(61)49-80)46-74(65)85-70-33-16-13-30-63(70)67-44-52(37-41-72(67)85)50-19-4-2-5-20-50/h2-47H. The number of hydrogen-bond acceptors (Lipinski definition) is 5. The number of benzene rings is 12. The van der Waals surface area contributed by atoms with E-state index in [1.807, 2.05) is 109 Å². The molecule has 0 saturated heterocycles. The number of nitrogens with zero attached hydrogens (tertiary/aromatic N) is 8. The van der Waals surface area contributed by atoms with Crippen molar-refractivity contribution >= 4 is 49.3 Å². The summed E-state index contributed by atoms with van der Waals surface area (Å²) >= 11 is 0. The highest BCUT2D eigenvalue weighted by molar-refractivity contribution is 6.12. The van der Waals surface area contributed by atoms with Crippen LogP contribution in [0.2, 0.25) is 0 Å². The van der Waals surface area contributed by atoms with Gasteiger partial charge in [-0.15, -0.1) is 0 Å². The van der Waals surface area contributed by atoms with Crippen molar-refractivity contribution in [3.05, 3.63) is 302 Å². The Morgan fingerprint density at radius 1 is 0.291 bits per heavy atom. The lowest BCUT2D eigenvalue weighted by Gasteiger charge is -2.19. The van der Waals surface area contributed by atoms with E-state index >= 15 is 0 Å². The molecule has 0 aliphatic rings. The highest BCUT2D eigenvalue weighted by Crippen LogP contribution is 2.44. The second kappa shape index (κ2) is 21.2. The summed E-state index contributed by atoms with van der Waals surface area (Å²) in [6.45, 7) is 8.26. The molecule has 0 aliphatic carbocycles. The molecule has 3 heterocycles. The van der Waals surface area contributed by atoms with Crippen molar-refractivity contribution in [1.82, 2.24) is 24.1 Å². The number of nitriles is 2. The van der Waals surface area contributed by atoms with Crippen LogP contribution in [0.5, 0.6) is 0 Å². The van der Waals surface area contributed by atoms with Crippen molar-refractivity contribution in [2.45, 2.75) is 0 Å². The number of aromatic nitrogens is 5. The van der Waals surface area contributed by atoms with Crippen LogP contribution < -0.4 is 0 Å². The van der Waals surface area contributed by atoms with Gasteiger partial charge in [-0.3, -0.25) is 0 Å². The highest BCUT2D eigenvalue weighted by atomic mass is 15.1. The summed E-state index contributed by atoms with van der Waals surface area (Å²) in [4.78, 5) is 20.7. The van der Waals surface area contributed by atoms with E-state index in [2.05, 4.69) is 196 Å². The maximum atomic E-state index is 10.5. The Labute approximate surface area is 496 Å². The van der Waals surface area contributed by atoms with Gasteiger partial charge in [-0.25, -0.2) is 19.8 Å². The molecule has 0 saturated carbocycles. The van der Waals surface area contributed by atoms with Gasteiger partial charge in [-0.05, 0) is 134 Å². The van der Waals surface area contributed by atoms with Crippen molar-refractivity contribution in [2.24, 2.45) is 0 Å². The van der Waals surface area contributed by atoms with E-state index in [1.165, 1.54) is 0 Å². The molecule has 0 spiro atoms. The van der Waals surface area contributed by atoms with E-state index in [1.54, 1.807) is 0 Å². The fourth-order valence-corrected chi connectivity index (χ4v) is 12.3. The maximum absolute atomic E-state index is 10.5. The van der Waals surface area contributed by atoms with E-state index < -0.39 is 0 Å². The minimum absolute atomic E-state index is 0.415. The second-order valence-corrected chi connectivity index (χ2v) is 21.2. The van der Waals surface area contributed by atoms with Crippen LogP contribution >= 0.6 is 0 Å². The van der Waals surface area contributed by atoms with Crippen LogP contribution in [0.1, 0.15) is 11.1 Å². The molecule has 8 nitrogen and oxygen atoms in total. The fraction of sp³-hybridized carbons (Fsp3) is 0. The SMILES string of the molecule is [C-]#[N+]c1ccccc1-c1ccc(-c2nc(-c3cccc(-c4ccccc4C#N)c3)nc(-c3ccc(-c4ccccc4C#N)cc3-n3c4ccccc4c4cc(-c5ccccc5)ccc43)n2)c(-n2c3ccccc3c3cc(-c4ccccc4)ccc32)c1. The first kappa shape index (κ1) is 50.7. The Morgan fingerprint density at radius 3 is 1.21 bits per heavy atom. The summed E-state index contributed by atoms with van der Waals surface area (Å²) in [6, 6.07) is 99.6. The number of fused-ring (bicyclic) bond motifs is 6. The monoisotopic (exact) mass is 1090 g/mol. The van der Waals surface area contributed by atoms with Crippen LogP contribution in [0.3, 0.4) is 0 Å². The second-order valence-electron chi connectivity index (χ2n) is 21.2. The quantitative estimate of drug-likeness (QED) is 0.127. The van der Waals surface area contributed by atoms with E-state index in [9.17, 15) is 10.5 Å². The largest absolute Gasteiger partial charge is 0.308 e. The molecule has 0 amide bonds. The lowest BCUT2D eigenvalue weighted by atomic mass is 9.97. The van der Waals surface area contributed by atoms with Crippen LogP contribution in [-0.4, -0.2) is 24.1 Å². The zero-order valence-corrected chi connectivity index (χ0v) is 46.1. The normalized spacial score (nSPS) is 11.2. The molecule has 0 fully saturated rings. The van der Waals surface area contributed by atoms with Gasteiger partial charge in [0.2, 0.25) is 0 Å². The van der Waals surface area contributed by atoms with Crippen LogP contribution in [-0.2, 0) is 0 Å². The van der Waals surface area contributed by atoms with Gasteiger partial charge in [0.1, 0.15) is 0 Å². The molecule has 3 aromatic heterocycles. The smallest absolute Gasteiger partial charge is 0.194 e. The third kappa shape index (κ3) is 8.73. The van der Waals surface area contributed by atoms with Gasteiger partial charge in [0.25, 0.3) is 0 Å². The fourth-order valence-electron chi connectivity index (χ4n) is 12.3. The highest BCUT2D eigenvalue weighted by Gasteiger charge is 2.25. The molecule has 86 heavy (non-hydrogen) atoms. The Bertz CT molecular complexity index is 5060. The summed E-state index contributed by atoms with van der Waals surface area (Å²) in [7, 11) is 0. The summed E-state index contributed by atoms with van der Waals surface area (Å²) in [5.74, 6) is 1.25. The molecular formula is C78H46N8. The lowest BCUT2D eigenvalue weighted by Crippen LogP contribution is -2.06. The average Bonchev–Trinajstić information content (AvgIpc) is 1.72. The molecular weight excluding hydrogens is 1050 g/mol.